The van der Waals surface area contributed by atoms with E-state index in [2.05, 4.69) is 0 Å². The van der Waals surface area contributed by atoms with Crippen molar-refractivity contribution in [2.45, 2.75) is 0 Å². The van der Waals surface area contributed by atoms with Crippen LogP contribution in [-0.4, -0.2) is 26.5 Å². The van der Waals surface area contributed by atoms with Crippen molar-refractivity contribution in [2.75, 3.05) is 26.5 Å². The van der Waals surface area contributed by atoms with Crippen LogP contribution >= 0.6 is 14.9 Å². The number of ether oxygens (including phenoxy) is 2. The van der Waals surface area contributed by atoms with Gasteiger partial charge in [0.25, 0.3) is 0 Å². The van der Waals surface area contributed by atoms with E-state index in [4.69, 9.17) is 9.47 Å². The van der Waals surface area contributed by atoms with E-state index in [0.29, 0.717) is 29.1 Å². The predicted octanol–water partition coefficient (Wildman–Crippen LogP) is 3.90. The van der Waals surface area contributed by atoms with Crippen molar-refractivity contribution >= 4 is 30.9 Å². The monoisotopic (exact) mass is 414 g/mol. The fraction of sp³-hybridized carbons (Fsp3) is 0.182. The third-order valence-electron chi connectivity index (χ3n) is 4.70. The van der Waals surface area contributed by atoms with E-state index >= 15 is 0 Å². The number of hydrogen-bond acceptors (Lipinski definition) is 4. The molecule has 1 atom stereocenters. The highest BCUT2D eigenvalue weighted by Crippen LogP contribution is 2.45. The lowest BCUT2D eigenvalue weighted by Crippen LogP contribution is -2.20. The van der Waals surface area contributed by atoms with Crippen molar-refractivity contribution in [2.24, 2.45) is 0 Å². The van der Waals surface area contributed by atoms with Gasteiger partial charge in [-0.25, -0.2) is 0 Å². The van der Waals surface area contributed by atoms with Crippen LogP contribution in [0.2, 0.25) is 0 Å². The van der Waals surface area contributed by atoms with Gasteiger partial charge in [-0.2, -0.15) is 0 Å². The molecule has 0 bridgehead atoms. The number of hydrogen-bond donors (Lipinski definition) is 0. The van der Waals surface area contributed by atoms with Gasteiger partial charge in [-0.1, -0.05) is 66.7 Å². The molecule has 0 spiro atoms. The Morgan fingerprint density at radius 3 is 1.86 bits per heavy atom. The first-order chi connectivity index (χ1) is 13.6. The summed E-state index contributed by atoms with van der Waals surface area (Å²) in [4.78, 5) is 0. The minimum Gasteiger partial charge on any atom is -0.493 e. The average molecular weight is 414 g/mol. The summed E-state index contributed by atoms with van der Waals surface area (Å²) in [6.07, 6.45) is 0.661. The zero-order chi connectivity index (χ0) is 20.0. The molecule has 0 N–H and O–H groups in total. The maximum atomic E-state index is 14.1. The Bertz CT molecular complexity index is 944. The van der Waals surface area contributed by atoms with Crippen LogP contribution in [0.4, 0.5) is 0 Å². The summed E-state index contributed by atoms with van der Waals surface area (Å²) in [6.45, 7) is 0. The molecule has 0 aliphatic carbocycles. The van der Waals surface area contributed by atoms with E-state index in [1.165, 1.54) is 7.11 Å². The van der Waals surface area contributed by atoms with Gasteiger partial charge in [0.05, 0.1) is 19.5 Å². The summed E-state index contributed by atoms with van der Waals surface area (Å²) in [5.74, 6) is 1.04. The van der Waals surface area contributed by atoms with Crippen LogP contribution in [0, 0.1) is 0 Å². The third kappa shape index (κ3) is 4.24. The SMILES string of the molecule is COc1cccc([PH](=O)CCP(=O)(c2ccccc2)c2ccccc2)c1OC. The molecule has 0 heterocycles. The van der Waals surface area contributed by atoms with Gasteiger partial charge < -0.3 is 18.6 Å². The summed E-state index contributed by atoms with van der Waals surface area (Å²) in [5.41, 5.74) is 0. The van der Waals surface area contributed by atoms with Gasteiger partial charge in [-0.05, 0) is 12.1 Å². The van der Waals surface area contributed by atoms with Crippen molar-refractivity contribution in [3.8, 4) is 11.5 Å². The van der Waals surface area contributed by atoms with Crippen LogP contribution in [0.3, 0.4) is 0 Å². The zero-order valence-electron chi connectivity index (χ0n) is 16.0. The van der Waals surface area contributed by atoms with Crippen LogP contribution in [0.15, 0.2) is 78.9 Å². The Balaban J connectivity index is 1.92. The molecule has 3 aromatic carbocycles. The van der Waals surface area contributed by atoms with Crippen molar-refractivity contribution < 1.29 is 18.6 Å². The molecule has 28 heavy (non-hydrogen) atoms. The molecule has 0 saturated heterocycles. The maximum absolute atomic E-state index is 14.1. The van der Waals surface area contributed by atoms with Crippen LogP contribution in [-0.2, 0) is 9.13 Å². The first-order valence-corrected chi connectivity index (χ1v) is 12.6. The minimum absolute atomic E-state index is 0.329. The van der Waals surface area contributed by atoms with Crippen molar-refractivity contribution in [3.63, 3.8) is 0 Å². The van der Waals surface area contributed by atoms with E-state index in [1.54, 1.807) is 25.3 Å². The van der Waals surface area contributed by atoms with Crippen molar-refractivity contribution in [1.29, 1.82) is 0 Å². The molecule has 146 valence electrons. The van der Waals surface area contributed by atoms with Crippen molar-refractivity contribution in [1.82, 2.24) is 0 Å². The van der Waals surface area contributed by atoms with E-state index in [0.717, 1.165) is 10.6 Å². The van der Waals surface area contributed by atoms with Gasteiger partial charge in [-0.15, -0.1) is 0 Å². The second-order valence-corrected chi connectivity index (χ2v) is 11.2. The first-order valence-electron chi connectivity index (χ1n) is 9.04. The summed E-state index contributed by atoms with van der Waals surface area (Å²) in [7, 11) is -2.01. The minimum atomic E-state index is -2.89. The summed E-state index contributed by atoms with van der Waals surface area (Å²) >= 11 is 0. The normalized spacial score (nSPS) is 12.4. The van der Waals surface area contributed by atoms with Crippen LogP contribution < -0.4 is 25.4 Å². The van der Waals surface area contributed by atoms with E-state index in [9.17, 15) is 9.13 Å². The fourth-order valence-corrected chi connectivity index (χ4v) is 8.47. The highest BCUT2D eigenvalue weighted by atomic mass is 31.2. The molecule has 0 aromatic heterocycles. The highest BCUT2D eigenvalue weighted by molar-refractivity contribution is 7.79. The first kappa shape index (κ1) is 20.5. The van der Waals surface area contributed by atoms with Gasteiger partial charge in [0.2, 0.25) is 0 Å². The molecule has 3 aromatic rings. The van der Waals surface area contributed by atoms with Gasteiger partial charge >= 0.3 is 0 Å². The topological polar surface area (TPSA) is 52.6 Å². The van der Waals surface area contributed by atoms with Gasteiger partial charge in [0, 0.05) is 22.9 Å². The van der Waals surface area contributed by atoms with Gasteiger partial charge in [0.1, 0.15) is 14.9 Å². The maximum Gasteiger partial charge on any atom is 0.171 e. The smallest absolute Gasteiger partial charge is 0.171 e. The summed E-state index contributed by atoms with van der Waals surface area (Å²) in [5, 5.41) is 2.20. The Kier molecular flexibility index (Phi) is 6.78. The number of para-hydroxylation sites is 1. The molecule has 0 aliphatic rings. The quantitative estimate of drug-likeness (QED) is 0.525. The molecule has 1 unspecified atom stereocenters. The van der Waals surface area contributed by atoms with E-state index in [1.807, 2.05) is 60.7 Å². The fourth-order valence-electron chi connectivity index (χ4n) is 3.25. The van der Waals surface area contributed by atoms with Gasteiger partial charge in [-0.3, -0.25) is 0 Å². The number of rotatable bonds is 8. The molecule has 3 rings (SSSR count). The third-order valence-corrected chi connectivity index (χ3v) is 9.94. The Morgan fingerprint density at radius 2 is 1.36 bits per heavy atom. The molecule has 0 amide bonds. The Labute approximate surface area is 166 Å². The molecule has 0 radical (unpaired) electrons. The molecule has 0 aliphatic heterocycles. The van der Waals surface area contributed by atoms with E-state index < -0.39 is 14.9 Å². The zero-order valence-corrected chi connectivity index (χ0v) is 17.9. The lowest BCUT2D eigenvalue weighted by Gasteiger charge is -2.20. The lowest BCUT2D eigenvalue weighted by molar-refractivity contribution is 0.357. The van der Waals surface area contributed by atoms with Crippen LogP contribution in [0.25, 0.3) is 0 Å². The largest absolute Gasteiger partial charge is 0.493 e. The van der Waals surface area contributed by atoms with Gasteiger partial charge in [0.15, 0.2) is 11.5 Å². The second kappa shape index (κ2) is 9.28. The summed E-state index contributed by atoms with van der Waals surface area (Å²) in [6, 6.07) is 24.3. The van der Waals surface area contributed by atoms with Crippen LogP contribution in [0.1, 0.15) is 0 Å². The Morgan fingerprint density at radius 1 is 0.786 bits per heavy atom. The predicted molar refractivity (Wildman–Crippen MR) is 118 cm³/mol. The molecular weight excluding hydrogens is 390 g/mol. The average Bonchev–Trinajstić information content (AvgIpc) is 2.77. The second-order valence-electron chi connectivity index (χ2n) is 6.35. The molecule has 6 heteroatoms. The Hall–Kier alpha value is -2.28. The number of benzene rings is 3. The molecule has 0 fully saturated rings. The molecule has 4 nitrogen and oxygen atoms in total. The van der Waals surface area contributed by atoms with Crippen LogP contribution in [0.5, 0.6) is 11.5 Å². The molecule has 0 saturated carbocycles. The van der Waals surface area contributed by atoms with Crippen molar-refractivity contribution in [3.05, 3.63) is 78.9 Å². The number of methoxy groups -OCH3 is 2. The molecular formula is C22H24O4P2. The standard InChI is InChI=1S/C22H24O4P2/c1-25-20-14-9-15-21(22(20)26-2)27(23)16-17-28(24,18-10-5-3-6-11-18)19-12-7-4-8-13-19/h3-15,27H,16-17H2,1-2H3. The lowest BCUT2D eigenvalue weighted by atomic mass is 10.3. The summed E-state index contributed by atoms with van der Waals surface area (Å²) < 4.78 is 37.9. The highest BCUT2D eigenvalue weighted by Gasteiger charge is 2.28. The van der Waals surface area contributed by atoms with E-state index in [-0.39, 0.29) is 0 Å².